The molecule has 19 heavy (non-hydrogen) atoms. The molecule has 0 bridgehead atoms. The highest BCUT2D eigenvalue weighted by Crippen LogP contribution is 2.22. The first-order valence-corrected chi connectivity index (χ1v) is 6.70. The second-order valence-corrected chi connectivity index (χ2v) is 4.79. The zero-order valence-corrected chi connectivity index (χ0v) is 12.0. The molecular formula is C11H15BrF3N3O. The molecule has 0 unspecified atom stereocenters. The van der Waals surface area contributed by atoms with Gasteiger partial charge in [-0.05, 0) is 35.7 Å². The van der Waals surface area contributed by atoms with Crippen LogP contribution >= 0.6 is 15.9 Å². The molecule has 108 valence electrons. The molecule has 1 heterocycles. The Bertz CT molecular complexity index is 473. The molecule has 0 saturated carbocycles. The summed E-state index contributed by atoms with van der Waals surface area (Å²) in [5, 5.41) is 6.83. The Morgan fingerprint density at radius 2 is 2.11 bits per heavy atom. The van der Waals surface area contributed by atoms with Crippen LogP contribution in [0.5, 0.6) is 0 Å². The number of nitrogens with zero attached hydrogens (tertiary/aromatic N) is 2. The Hall–Kier alpha value is -1.05. The van der Waals surface area contributed by atoms with Crippen molar-refractivity contribution < 1.29 is 13.2 Å². The number of aromatic nitrogens is 2. The molecule has 0 amide bonds. The molecule has 0 aliphatic carbocycles. The first-order chi connectivity index (χ1) is 8.85. The quantitative estimate of drug-likeness (QED) is 0.808. The van der Waals surface area contributed by atoms with Gasteiger partial charge in [0.2, 0.25) is 0 Å². The van der Waals surface area contributed by atoms with Crippen LogP contribution in [0.25, 0.3) is 0 Å². The van der Waals surface area contributed by atoms with Crippen LogP contribution in [-0.4, -0.2) is 22.5 Å². The highest BCUT2D eigenvalue weighted by Gasteiger charge is 2.25. The highest BCUT2D eigenvalue weighted by molar-refractivity contribution is 9.10. The van der Waals surface area contributed by atoms with Gasteiger partial charge in [0.15, 0.2) is 0 Å². The number of nitrogens with one attached hydrogen (secondary N) is 1. The van der Waals surface area contributed by atoms with E-state index in [2.05, 4.69) is 26.3 Å². The van der Waals surface area contributed by atoms with Crippen molar-refractivity contribution in [2.75, 3.05) is 11.9 Å². The number of alkyl halides is 3. The molecule has 4 nitrogen and oxygen atoms in total. The fourth-order valence-corrected chi connectivity index (χ4v) is 1.93. The van der Waals surface area contributed by atoms with Gasteiger partial charge in [-0.1, -0.05) is 0 Å². The molecule has 0 radical (unpaired) electrons. The smallest absolute Gasteiger partial charge is 0.383 e. The number of anilines is 1. The molecule has 0 aliphatic heterocycles. The van der Waals surface area contributed by atoms with E-state index in [1.54, 1.807) is 6.92 Å². The Morgan fingerprint density at radius 3 is 2.68 bits per heavy atom. The topological polar surface area (TPSA) is 46.9 Å². The molecule has 0 saturated heterocycles. The van der Waals surface area contributed by atoms with Gasteiger partial charge >= 0.3 is 6.18 Å². The third-order valence-electron chi connectivity index (χ3n) is 2.49. The third kappa shape index (κ3) is 5.22. The van der Waals surface area contributed by atoms with Crippen molar-refractivity contribution in [3.8, 4) is 0 Å². The van der Waals surface area contributed by atoms with Crippen molar-refractivity contribution in [3.05, 3.63) is 21.0 Å². The van der Waals surface area contributed by atoms with Crippen LogP contribution in [0.2, 0.25) is 0 Å². The predicted octanol–water partition coefficient (Wildman–Crippen LogP) is 3.17. The molecule has 0 spiro atoms. The van der Waals surface area contributed by atoms with Crippen LogP contribution in [0.1, 0.15) is 26.2 Å². The van der Waals surface area contributed by atoms with E-state index in [1.165, 1.54) is 10.9 Å². The van der Waals surface area contributed by atoms with Crippen LogP contribution in [0, 0.1) is 0 Å². The van der Waals surface area contributed by atoms with E-state index in [4.69, 9.17) is 0 Å². The summed E-state index contributed by atoms with van der Waals surface area (Å²) in [6.45, 7) is 2.63. The first kappa shape index (κ1) is 16.0. The molecular weight excluding hydrogens is 327 g/mol. The normalized spacial score (nSPS) is 11.6. The minimum Gasteiger partial charge on any atom is -0.383 e. The second-order valence-electron chi connectivity index (χ2n) is 3.99. The number of hydrogen-bond donors (Lipinski definition) is 1. The number of aryl methyl sites for hydroxylation is 1. The summed E-state index contributed by atoms with van der Waals surface area (Å²) in [5.74, 6) is 0. The molecule has 0 atom stereocenters. The summed E-state index contributed by atoms with van der Waals surface area (Å²) in [5.41, 5.74) is 0.240. The van der Waals surface area contributed by atoms with E-state index in [0.29, 0.717) is 29.7 Å². The molecule has 1 N–H and O–H groups in total. The Balaban J connectivity index is 2.47. The maximum absolute atomic E-state index is 11.9. The standard InChI is InChI=1S/C11H15BrF3N3O/c1-2-18-10(19)9(12)8(7-17-18)16-6-4-3-5-11(13,14)15/h7,16H,2-6H2,1H3. The van der Waals surface area contributed by atoms with E-state index in [1.807, 2.05) is 0 Å². The average molecular weight is 342 g/mol. The number of unbranched alkanes of at least 4 members (excludes halogenated alkanes) is 1. The zero-order chi connectivity index (χ0) is 14.5. The third-order valence-corrected chi connectivity index (χ3v) is 3.25. The van der Waals surface area contributed by atoms with Crippen LogP contribution in [0.3, 0.4) is 0 Å². The first-order valence-electron chi connectivity index (χ1n) is 5.91. The molecule has 0 fully saturated rings. The van der Waals surface area contributed by atoms with Crippen molar-refractivity contribution >= 4 is 21.6 Å². The van der Waals surface area contributed by atoms with E-state index in [-0.39, 0.29) is 12.0 Å². The van der Waals surface area contributed by atoms with E-state index < -0.39 is 12.6 Å². The summed E-state index contributed by atoms with van der Waals surface area (Å²) in [6, 6.07) is 0. The molecule has 0 aliphatic rings. The molecule has 1 aromatic heterocycles. The molecule has 0 aromatic carbocycles. The van der Waals surface area contributed by atoms with Crippen molar-refractivity contribution in [1.82, 2.24) is 9.78 Å². The summed E-state index contributed by atoms with van der Waals surface area (Å²) in [4.78, 5) is 11.7. The monoisotopic (exact) mass is 341 g/mol. The van der Waals surface area contributed by atoms with Crippen molar-refractivity contribution in [2.24, 2.45) is 0 Å². The fourth-order valence-electron chi connectivity index (χ4n) is 1.49. The van der Waals surface area contributed by atoms with Gasteiger partial charge in [-0.3, -0.25) is 4.79 Å². The van der Waals surface area contributed by atoms with E-state index in [0.717, 1.165) is 0 Å². The van der Waals surface area contributed by atoms with Crippen molar-refractivity contribution in [3.63, 3.8) is 0 Å². The summed E-state index contributed by atoms with van der Waals surface area (Å²) < 4.78 is 37.4. The Kier molecular flexibility index (Phi) is 5.84. The highest BCUT2D eigenvalue weighted by atomic mass is 79.9. The molecule has 1 rings (SSSR count). The summed E-state index contributed by atoms with van der Waals surface area (Å²) in [7, 11) is 0. The average Bonchev–Trinajstić information content (AvgIpc) is 2.33. The van der Waals surface area contributed by atoms with Gasteiger partial charge in [0.25, 0.3) is 5.56 Å². The van der Waals surface area contributed by atoms with Crippen LogP contribution in [0.15, 0.2) is 15.5 Å². The lowest BCUT2D eigenvalue weighted by Crippen LogP contribution is -2.23. The van der Waals surface area contributed by atoms with Crippen molar-refractivity contribution in [1.29, 1.82) is 0 Å². The lowest BCUT2D eigenvalue weighted by molar-refractivity contribution is -0.135. The maximum atomic E-state index is 11.9. The van der Waals surface area contributed by atoms with Crippen LogP contribution < -0.4 is 10.9 Å². The minimum atomic E-state index is -4.11. The van der Waals surface area contributed by atoms with Gasteiger partial charge < -0.3 is 5.32 Å². The minimum absolute atomic E-state index is 0.0631. The Morgan fingerprint density at radius 1 is 1.42 bits per heavy atom. The molecule has 1 aromatic rings. The molecule has 8 heteroatoms. The van der Waals surface area contributed by atoms with Gasteiger partial charge in [-0.25, -0.2) is 4.68 Å². The van der Waals surface area contributed by atoms with Crippen molar-refractivity contribution in [2.45, 2.75) is 38.9 Å². The predicted molar refractivity (Wildman–Crippen MR) is 70.3 cm³/mol. The van der Waals surface area contributed by atoms with Crippen LogP contribution in [0.4, 0.5) is 18.9 Å². The van der Waals surface area contributed by atoms with E-state index in [9.17, 15) is 18.0 Å². The van der Waals surface area contributed by atoms with Gasteiger partial charge in [-0.15, -0.1) is 0 Å². The number of hydrogen-bond acceptors (Lipinski definition) is 3. The maximum Gasteiger partial charge on any atom is 0.389 e. The van der Waals surface area contributed by atoms with Gasteiger partial charge in [-0.2, -0.15) is 18.3 Å². The SMILES string of the molecule is CCn1ncc(NCCCCC(F)(F)F)c(Br)c1=O. The van der Waals surface area contributed by atoms with Gasteiger partial charge in [0.1, 0.15) is 4.47 Å². The van der Waals surface area contributed by atoms with Gasteiger partial charge in [0.05, 0.1) is 11.9 Å². The lowest BCUT2D eigenvalue weighted by atomic mass is 10.2. The van der Waals surface area contributed by atoms with Crippen LogP contribution in [-0.2, 0) is 6.54 Å². The fraction of sp³-hybridized carbons (Fsp3) is 0.636. The van der Waals surface area contributed by atoms with Gasteiger partial charge in [0, 0.05) is 19.5 Å². The number of rotatable bonds is 6. The second kappa shape index (κ2) is 6.93. The largest absolute Gasteiger partial charge is 0.389 e. The van der Waals surface area contributed by atoms with E-state index >= 15 is 0 Å². The zero-order valence-electron chi connectivity index (χ0n) is 10.4. The summed E-state index contributed by atoms with van der Waals surface area (Å²) >= 11 is 3.16. The number of halogens is 4. The summed E-state index contributed by atoms with van der Waals surface area (Å²) in [6.07, 6.45) is -2.97. The Labute approximate surface area is 117 Å². The lowest BCUT2D eigenvalue weighted by Gasteiger charge is -2.10.